The summed E-state index contributed by atoms with van der Waals surface area (Å²) in [5.74, 6) is 0. The second kappa shape index (κ2) is 7.36. The minimum Gasteiger partial charge on any atom is -0.418 e. The van der Waals surface area contributed by atoms with Crippen LogP contribution in [0.15, 0.2) is 24.4 Å². The van der Waals surface area contributed by atoms with Crippen molar-refractivity contribution in [3.05, 3.63) is 24.4 Å². The van der Waals surface area contributed by atoms with Crippen molar-refractivity contribution in [2.45, 2.75) is 32.7 Å². The summed E-state index contributed by atoms with van der Waals surface area (Å²) in [4.78, 5) is 2.38. The highest BCUT2D eigenvalue weighted by Crippen LogP contribution is 2.08. The van der Waals surface area contributed by atoms with E-state index < -0.39 is 7.25 Å². The zero-order chi connectivity index (χ0) is 12.6. The van der Waals surface area contributed by atoms with Crippen molar-refractivity contribution in [3.8, 4) is 0 Å². The SMILES string of the molecule is CCCCN1C=CC=CC1C.F[B-](F)(F)F. The topological polar surface area (TPSA) is 3.24 Å². The summed E-state index contributed by atoms with van der Waals surface area (Å²) in [6.45, 7) is 5.66. The van der Waals surface area contributed by atoms with Gasteiger partial charge in [0.1, 0.15) is 0 Å². The number of hydrogen-bond acceptors (Lipinski definition) is 1. The highest BCUT2D eigenvalue weighted by molar-refractivity contribution is 6.50. The number of hydrogen-bond donors (Lipinski definition) is 0. The molecule has 16 heavy (non-hydrogen) atoms. The Hall–Kier alpha value is -0.935. The van der Waals surface area contributed by atoms with Gasteiger partial charge in [-0.25, -0.2) is 0 Å². The lowest BCUT2D eigenvalue weighted by Gasteiger charge is -2.27. The average molecular weight is 238 g/mol. The highest BCUT2D eigenvalue weighted by atomic mass is 19.5. The number of rotatable bonds is 3. The van der Waals surface area contributed by atoms with Crippen molar-refractivity contribution in [1.29, 1.82) is 0 Å². The molecule has 0 amide bonds. The van der Waals surface area contributed by atoms with Gasteiger partial charge in [-0.2, -0.15) is 0 Å². The summed E-state index contributed by atoms with van der Waals surface area (Å²) in [6.07, 6.45) is 11.2. The second-order valence-corrected chi connectivity index (χ2v) is 3.55. The molecule has 0 saturated heterocycles. The van der Waals surface area contributed by atoms with E-state index in [1.165, 1.54) is 19.4 Å². The van der Waals surface area contributed by atoms with Crippen LogP contribution in [-0.2, 0) is 0 Å². The molecule has 0 fully saturated rings. The van der Waals surface area contributed by atoms with Gasteiger partial charge >= 0.3 is 7.25 Å². The van der Waals surface area contributed by atoms with Gasteiger partial charge in [0, 0.05) is 12.6 Å². The maximum absolute atomic E-state index is 9.75. The zero-order valence-corrected chi connectivity index (χ0v) is 9.54. The first-order valence-electron chi connectivity index (χ1n) is 5.32. The van der Waals surface area contributed by atoms with Crippen molar-refractivity contribution in [1.82, 2.24) is 4.90 Å². The fraction of sp³-hybridized carbons (Fsp3) is 0.600. The van der Waals surface area contributed by atoms with Crippen LogP contribution in [0.1, 0.15) is 26.7 Å². The first-order valence-corrected chi connectivity index (χ1v) is 5.32. The first kappa shape index (κ1) is 15.1. The van der Waals surface area contributed by atoms with E-state index in [-0.39, 0.29) is 0 Å². The van der Waals surface area contributed by atoms with Crippen molar-refractivity contribution in [3.63, 3.8) is 0 Å². The summed E-state index contributed by atoms with van der Waals surface area (Å²) in [6, 6.07) is 0.589. The normalized spacial score (nSPS) is 19.4. The van der Waals surface area contributed by atoms with E-state index in [4.69, 9.17) is 0 Å². The summed E-state index contributed by atoms with van der Waals surface area (Å²) in [5, 5.41) is 0. The molecule has 0 N–H and O–H groups in total. The highest BCUT2D eigenvalue weighted by Gasteiger charge is 2.20. The number of halogens is 4. The predicted molar refractivity (Wildman–Crippen MR) is 59.5 cm³/mol. The van der Waals surface area contributed by atoms with Gasteiger partial charge in [-0.05, 0) is 25.6 Å². The smallest absolute Gasteiger partial charge is 0.418 e. The van der Waals surface area contributed by atoms with Crippen LogP contribution in [0.2, 0.25) is 0 Å². The van der Waals surface area contributed by atoms with E-state index in [9.17, 15) is 17.3 Å². The van der Waals surface area contributed by atoms with Crippen LogP contribution in [-0.4, -0.2) is 24.7 Å². The minimum absolute atomic E-state index is 0.589. The molecule has 0 aliphatic carbocycles. The molecule has 1 rings (SSSR count). The van der Waals surface area contributed by atoms with E-state index in [2.05, 4.69) is 43.2 Å². The standard InChI is InChI=1S/C10H17N.BF4/c1-3-4-8-11-9-6-5-7-10(11)2;2-1(3,4)5/h5-7,9-10H,3-4,8H2,1-2H3;/q;-1. The molecule has 0 spiro atoms. The van der Waals surface area contributed by atoms with E-state index in [1.807, 2.05) is 0 Å². The van der Waals surface area contributed by atoms with Crippen molar-refractivity contribution in [2.75, 3.05) is 6.54 Å². The maximum atomic E-state index is 9.75. The van der Waals surface area contributed by atoms with Crippen molar-refractivity contribution >= 4 is 7.25 Å². The molecule has 1 atom stereocenters. The quantitative estimate of drug-likeness (QED) is 0.533. The van der Waals surface area contributed by atoms with Crippen LogP contribution < -0.4 is 0 Å². The lowest BCUT2D eigenvalue weighted by molar-refractivity contribution is 0.326. The van der Waals surface area contributed by atoms with Gasteiger partial charge in [0.2, 0.25) is 0 Å². The van der Waals surface area contributed by atoms with Crippen LogP contribution in [0.25, 0.3) is 0 Å². The van der Waals surface area contributed by atoms with E-state index >= 15 is 0 Å². The molecule has 0 saturated carbocycles. The van der Waals surface area contributed by atoms with Gasteiger partial charge in [-0.15, -0.1) is 0 Å². The van der Waals surface area contributed by atoms with E-state index in [0.717, 1.165) is 0 Å². The Morgan fingerprint density at radius 2 is 1.75 bits per heavy atom. The molecular formula is C10H17BF4N-. The molecule has 0 aromatic heterocycles. The van der Waals surface area contributed by atoms with Crippen molar-refractivity contribution < 1.29 is 17.3 Å². The third kappa shape index (κ3) is 9.61. The predicted octanol–water partition coefficient (Wildman–Crippen LogP) is 3.86. The van der Waals surface area contributed by atoms with Crippen LogP contribution in [0, 0.1) is 0 Å². The largest absolute Gasteiger partial charge is 0.673 e. The second-order valence-electron chi connectivity index (χ2n) is 3.55. The van der Waals surface area contributed by atoms with Crippen LogP contribution in [0.3, 0.4) is 0 Å². The molecule has 1 heterocycles. The Bertz CT molecular complexity index is 231. The van der Waals surface area contributed by atoms with Gasteiger partial charge in [0.15, 0.2) is 0 Å². The number of nitrogens with zero attached hydrogens (tertiary/aromatic N) is 1. The van der Waals surface area contributed by atoms with Gasteiger partial charge < -0.3 is 22.2 Å². The molecule has 1 aliphatic heterocycles. The van der Waals surface area contributed by atoms with Gasteiger partial charge in [-0.1, -0.05) is 25.5 Å². The average Bonchev–Trinajstić information content (AvgIpc) is 2.14. The third-order valence-electron chi connectivity index (χ3n) is 2.07. The lowest BCUT2D eigenvalue weighted by atomic mass is 10.2. The number of allylic oxidation sites excluding steroid dienone is 2. The Kier molecular flexibility index (Phi) is 6.93. The van der Waals surface area contributed by atoms with Gasteiger partial charge in [-0.3, -0.25) is 0 Å². The molecule has 1 unspecified atom stereocenters. The molecule has 0 bridgehead atoms. The minimum atomic E-state index is -6.00. The molecule has 94 valence electrons. The Morgan fingerprint density at radius 3 is 2.19 bits per heavy atom. The molecule has 1 nitrogen and oxygen atoms in total. The summed E-state index contributed by atoms with van der Waals surface area (Å²) in [7, 11) is -6.00. The van der Waals surface area contributed by atoms with E-state index in [1.54, 1.807) is 0 Å². The molecule has 6 heteroatoms. The maximum Gasteiger partial charge on any atom is 0.673 e. The Balaban J connectivity index is 0.000000385. The third-order valence-corrected chi connectivity index (χ3v) is 2.07. The van der Waals surface area contributed by atoms with Crippen LogP contribution in [0.5, 0.6) is 0 Å². The summed E-state index contributed by atoms with van der Waals surface area (Å²) in [5.41, 5.74) is 0. The van der Waals surface area contributed by atoms with Crippen LogP contribution >= 0.6 is 0 Å². The van der Waals surface area contributed by atoms with Crippen molar-refractivity contribution in [2.24, 2.45) is 0 Å². The lowest BCUT2D eigenvalue weighted by Crippen LogP contribution is -2.28. The monoisotopic (exact) mass is 238 g/mol. The Labute approximate surface area is 93.9 Å². The number of unbranched alkanes of at least 4 members (excludes halogenated alkanes) is 1. The molecule has 0 radical (unpaired) electrons. The zero-order valence-electron chi connectivity index (χ0n) is 9.54. The molecule has 0 aromatic rings. The molecule has 1 aliphatic rings. The van der Waals surface area contributed by atoms with E-state index in [0.29, 0.717) is 6.04 Å². The molecular weight excluding hydrogens is 221 g/mol. The first-order chi connectivity index (χ1) is 7.34. The summed E-state index contributed by atoms with van der Waals surface area (Å²) < 4.78 is 39.0. The fourth-order valence-corrected chi connectivity index (χ4v) is 1.25. The van der Waals surface area contributed by atoms with Gasteiger partial charge in [0.25, 0.3) is 0 Å². The van der Waals surface area contributed by atoms with Gasteiger partial charge in [0.05, 0.1) is 0 Å². The molecule has 0 aromatic carbocycles. The fourth-order valence-electron chi connectivity index (χ4n) is 1.25. The Morgan fingerprint density at radius 1 is 1.19 bits per heavy atom. The summed E-state index contributed by atoms with van der Waals surface area (Å²) >= 11 is 0. The van der Waals surface area contributed by atoms with Crippen LogP contribution in [0.4, 0.5) is 17.3 Å².